The summed E-state index contributed by atoms with van der Waals surface area (Å²) >= 11 is 0. The summed E-state index contributed by atoms with van der Waals surface area (Å²) in [6.45, 7) is 0. The molecule has 0 aliphatic carbocycles. The molecule has 2 rings (SSSR count). The number of benzene rings is 1. The van der Waals surface area contributed by atoms with Gasteiger partial charge in [-0.3, -0.25) is 4.79 Å². The Morgan fingerprint density at radius 2 is 2.12 bits per heavy atom. The van der Waals surface area contributed by atoms with Gasteiger partial charge in [0.15, 0.2) is 0 Å². The lowest BCUT2D eigenvalue weighted by Crippen LogP contribution is -2.18. The third kappa shape index (κ3) is 1.33. The number of aryl methyl sites for hydroxylation is 1. The number of nitrogens with zero attached hydrogens (tertiary/aromatic N) is 1. The number of nitrogens with two attached hydrogens (primary N) is 1. The highest BCUT2D eigenvalue weighted by Crippen LogP contribution is 2.17. The predicted molar refractivity (Wildman–Crippen MR) is 60.6 cm³/mol. The number of anilines is 1. The van der Waals surface area contributed by atoms with E-state index in [1.807, 2.05) is 0 Å². The van der Waals surface area contributed by atoms with Gasteiger partial charge in [-0.15, -0.1) is 0 Å². The van der Waals surface area contributed by atoms with Crippen LogP contribution < -0.4 is 11.2 Å². The number of aromatic carboxylic acids is 1. The summed E-state index contributed by atoms with van der Waals surface area (Å²) in [6.07, 6.45) is 1.30. The number of fused-ring (bicyclic) bond motifs is 1. The van der Waals surface area contributed by atoms with Crippen LogP contribution in [-0.2, 0) is 7.05 Å². The van der Waals surface area contributed by atoms with E-state index in [1.165, 1.54) is 6.20 Å². The molecule has 0 amide bonds. The Hall–Kier alpha value is -2.30. The van der Waals surface area contributed by atoms with Gasteiger partial charge in [-0.05, 0) is 12.1 Å². The summed E-state index contributed by atoms with van der Waals surface area (Å²) in [5, 5.41) is 9.14. The number of aromatic nitrogens is 1. The van der Waals surface area contributed by atoms with Crippen molar-refractivity contribution in [3.8, 4) is 0 Å². The van der Waals surface area contributed by atoms with Crippen LogP contribution in [0.3, 0.4) is 0 Å². The van der Waals surface area contributed by atoms with Crippen LogP contribution in [0.2, 0.25) is 0 Å². The van der Waals surface area contributed by atoms with Crippen LogP contribution in [0, 0.1) is 0 Å². The molecule has 1 aromatic heterocycles. The molecule has 0 unspecified atom stereocenters. The predicted octanol–water partition coefficient (Wildman–Crippen LogP) is 0.819. The van der Waals surface area contributed by atoms with Crippen LogP contribution in [0.5, 0.6) is 0 Å². The molecule has 0 bridgehead atoms. The second kappa shape index (κ2) is 3.37. The average Bonchev–Trinajstić information content (AvgIpc) is 2.22. The molecule has 0 atom stereocenters. The molecule has 82 valence electrons. The fourth-order valence-corrected chi connectivity index (χ4v) is 1.71. The lowest BCUT2D eigenvalue weighted by molar-refractivity contribution is 0.0695. The molecule has 0 saturated carbocycles. The fraction of sp³-hybridized carbons (Fsp3) is 0.0909. The number of rotatable bonds is 1. The molecule has 1 heterocycles. The molecule has 0 aliphatic rings. The van der Waals surface area contributed by atoms with E-state index in [0.29, 0.717) is 11.2 Å². The van der Waals surface area contributed by atoms with Crippen LogP contribution in [0.1, 0.15) is 10.4 Å². The van der Waals surface area contributed by atoms with E-state index in [9.17, 15) is 9.59 Å². The maximum absolute atomic E-state index is 11.9. The summed E-state index contributed by atoms with van der Waals surface area (Å²) in [5.41, 5.74) is 5.79. The highest BCUT2D eigenvalue weighted by atomic mass is 16.4. The zero-order valence-electron chi connectivity index (χ0n) is 8.60. The number of carbonyl (C=O) groups is 1. The van der Waals surface area contributed by atoms with Crippen molar-refractivity contribution in [2.24, 2.45) is 7.05 Å². The first-order valence-corrected chi connectivity index (χ1v) is 4.63. The first kappa shape index (κ1) is 10.2. The molecule has 0 spiro atoms. The standard InChI is InChI=1S/C11H10N2O3/c1-13-5-6(11(15)16)10(14)9-7(12)3-2-4-8(9)13/h2-5H,12H2,1H3,(H,15,16). The van der Waals surface area contributed by atoms with Gasteiger partial charge in [0, 0.05) is 18.9 Å². The Balaban J connectivity index is 3.04. The van der Waals surface area contributed by atoms with Gasteiger partial charge in [0.05, 0.1) is 10.9 Å². The van der Waals surface area contributed by atoms with Gasteiger partial charge < -0.3 is 15.4 Å². The topological polar surface area (TPSA) is 85.3 Å². The van der Waals surface area contributed by atoms with E-state index in [1.54, 1.807) is 29.8 Å². The number of pyridine rings is 1. The SMILES string of the molecule is Cn1cc(C(=O)O)c(=O)c2c(N)cccc21. The van der Waals surface area contributed by atoms with Gasteiger partial charge in [-0.25, -0.2) is 4.79 Å². The van der Waals surface area contributed by atoms with Crippen molar-refractivity contribution in [2.45, 2.75) is 0 Å². The van der Waals surface area contributed by atoms with Gasteiger partial charge in [0.1, 0.15) is 5.56 Å². The minimum atomic E-state index is -1.24. The minimum absolute atomic E-state index is 0.255. The molecular formula is C11H10N2O3. The van der Waals surface area contributed by atoms with Crippen molar-refractivity contribution < 1.29 is 9.90 Å². The van der Waals surface area contributed by atoms with Gasteiger partial charge in [-0.1, -0.05) is 6.07 Å². The lowest BCUT2D eigenvalue weighted by atomic mass is 10.1. The van der Waals surface area contributed by atoms with Crippen LogP contribution in [0.4, 0.5) is 5.69 Å². The summed E-state index contributed by atoms with van der Waals surface area (Å²) in [6, 6.07) is 5.02. The fourth-order valence-electron chi connectivity index (χ4n) is 1.71. The normalized spacial score (nSPS) is 10.6. The smallest absolute Gasteiger partial charge is 0.341 e. The third-order valence-corrected chi connectivity index (χ3v) is 2.48. The Morgan fingerprint density at radius 1 is 1.44 bits per heavy atom. The van der Waals surface area contributed by atoms with E-state index >= 15 is 0 Å². The molecule has 2 aromatic rings. The molecule has 0 fully saturated rings. The number of carboxylic acids is 1. The van der Waals surface area contributed by atoms with Crippen molar-refractivity contribution in [1.82, 2.24) is 4.57 Å². The van der Waals surface area contributed by atoms with E-state index in [0.717, 1.165) is 0 Å². The first-order chi connectivity index (χ1) is 7.52. The van der Waals surface area contributed by atoms with Gasteiger partial charge in [0.2, 0.25) is 5.43 Å². The van der Waals surface area contributed by atoms with Crippen molar-refractivity contribution in [3.05, 3.63) is 40.2 Å². The number of hydrogen-bond donors (Lipinski definition) is 2. The number of hydrogen-bond acceptors (Lipinski definition) is 3. The second-order valence-corrected chi connectivity index (χ2v) is 3.53. The first-order valence-electron chi connectivity index (χ1n) is 4.63. The maximum atomic E-state index is 11.9. The quantitative estimate of drug-likeness (QED) is 0.694. The van der Waals surface area contributed by atoms with Gasteiger partial charge in [-0.2, -0.15) is 0 Å². The molecule has 1 aromatic carbocycles. The number of carboxylic acid groups (broad SMARTS) is 1. The molecule has 16 heavy (non-hydrogen) atoms. The maximum Gasteiger partial charge on any atom is 0.341 e. The van der Waals surface area contributed by atoms with Crippen molar-refractivity contribution in [1.29, 1.82) is 0 Å². The van der Waals surface area contributed by atoms with E-state index in [-0.39, 0.29) is 10.9 Å². The van der Waals surface area contributed by atoms with Gasteiger partial charge in [0.25, 0.3) is 0 Å². The summed E-state index contributed by atoms with van der Waals surface area (Å²) in [7, 11) is 1.67. The lowest BCUT2D eigenvalue weighted by Gasteiger charge is -2.08. The monoisotopic (exact) mass is 218 g/mol. The van der Waals surface area contributed by atoms with Crippen LogP contribution >= 0.6 is 0 Å². The molecule has 3 N–H and O–H groups in total. The molecule has 0 aliphatic heterocycles. The molecule has 5 heteroatoms. The van der Waals surface area contributed by atoms with Crippen LogP contribution in [0.25, 0.3) is 10.9 Å². The highest BCUT2D eigenvalue weighted by molar-refractivity contribution is 5.96. The van der Waals surface area contributed by atoms with E-state index < -0.39 is 11.4 Å². The number of nitrogen functional groups attached to an aromatic ring is 1. The van der Waals surface area contributed by atoms with Crippen molar-refractivity contribution in [3.63, 3.8) is 0 Å². The van der Waals surface area contributed by atoms with Crippen LogP contribution in [-0.4, -0.2) is 15.6 Å². The Labute approximate surface area is 90.7 Å². The van der Waals surface area contributed by atoms with Crippen molar-refractivity contribution in [2.75, 3.05) is 5.73 Å². The summed E-state index contributed by atoms with van der Waals surface area (Å²) < 4.78 is 1.58. The summed E-state index contributed by atoms with van der Waals surface area (Å²) in [4.78, 5) is 22.7. The van der Waals surface area contributed by atoms with E-state index in [2.05, 4.69) is 0 Å². The summed E-state index contributed by atoms with van der Waals surface area (Å²) in [5.74, 6) is -1.24. The Kier molecular flexibility index (Phi) is 2.16. The zero-order chi connectivity index (χ0) is 11.9. The molecular weight excluding hydrogens is 208 g/mol. The zero-order valence-corrected chi connectivity index (χ0v) is 8.60. The van der Waals surface area contributed by atoms with Crippen molar-refractivity contribution >= 4 is 22.6 Å². The Morgan fingerprint density at radius 3 is 2.75 bits per heavy atom. The Bertz CT molecular complexity index is 643. The molecule has 5 nitrogen and oxygen atoms in total. The third-order valence-electron chi connectivity index (χ3n) is 2.48. The second-order valence-electron chi connectivity index (χ2n) is 3.53. The molecule has 0 radical (unpaired) electrons. The average molecular weight is 218 g/mol. The molecule has 0 saturated heterocycles. The minimum Gasteiger partial charge on any atom is -0.477 e. The van der Waals surface area contributed by atoms with Crippen LogP contribution in [0.15, 0.2) is 29.2 Å². The largest absolute Gasteiger partial charge is 0.477 e. The highest BCUT2D eigenvalue weighted by Gasteiger charge is 2.14. The van der Waals surface area contributed by atoms with E-state index in [4.69, 9.17) is 10.8 Å². The van der Waals surface area contributed by atoms with Gasteiger partial charge >= 0.3 is 5.97 Å².